The lowest BCUT2D eigenvalue weighted by molar-refractivity contribution is -0.116. The number of amides is 1. The summed E-state index contributed by atoms with van der Waals surface area (Å²) in [5.74, 6) is 8.20. The van der Waals surface area contributed by atoms with Gasteiger partial charge in [0.05, 0.1) is 0 Å². The molecule has 0 aliphatic heterocycles. The summed E-state index contributed by atoms with van der Waals surface area (Å²) >= 11 is 0. The van der Waals surface area contributed by atoms with Crippen molar-refractivity contribution in [2.45, 2.75) is 39.5 Å². The smallest absolute Gasteiger partial charge is 0.243 e. The molecule has 17 heavy (non-hydrogen) atoms. The summed E-state index contributed by atoms with van der Waals surface area (Å²) in [4.78, 5) is 11.3. The molecule has 0 fully saturated rings. The van der Waals surface area contributed by atoms with Gasteiger partial charge in [0.2, 0.25) is 5.91 Å². The van der Waals surface area contributed by atoms with E-state index in [0.29, 0.717) is 5.92 Å². The summed E-state index contributed by atoms with van der Waals surface area (Å²) in [6, 6.07) is 0. The van der Waals surface area contributed by atoms with E-state index in [4.69, 9.17) is 6.42 Å². The summed E-state index contributed by atoms with van der Waals surface area (Å²) in [5, 5.41) is 2.86. The van der Waals surface area contributed by atoms with Crippen molar-refractivity contribution in [1.82, 2.24) is 5.32 Å². The molecule has 0 aliphatic carbocycles. The van der Waals surface area contributed by atoms with Crippen molar-refractivity contribution in [2.24, 2.45) is 5.92 Å². The highest BCUT2D eigenvalue weighted by Gasteiger charge is 1.99. The molecule has 0 heterocycles. The Labute approximate surface area is 105 Å². The lowest BCUT2D eigenvalue weighted by atomic mass is 10.1. The fourth-order valence-corrected chi connectivity index (χ4v) is 1.09. The van der Waals surface area contributed by atoms with Gasteiger partial charge in [-0.2, -0.15) is 0 Å². The molecule has 0 saturated heterocycles. The number of terminal acetylenes is 1. The van der Waals surface area contributed by atoms with Gasteiger partial charge in [-0.3, -0.25) is 4.79 Å². The van der Waals surface area contributed by atoms with Gasteiger partial charge >= 0.3 is 0 Å². The third-order valence-electron chi connectivity index (χ3n) is 2.42. The summed E-state index contributed by atoms with van der Waals surface area (Å²) in [6.45, 7) is 4.98. The average Bonchev–Trinajstić information content (AvgIpc) is 2.34. The molecule has 2 heteroatoms. The Hall–Kier alpha value is -1.67. The molecule has 2 nitrogen and oxygen atoms in total. The van der Waals surface area contributed by atoms with Gasteiger partial charge in [0.1, 0.15) is 0 Å². The zero-order valence-electron chi connectivity index (χ0n) is 10.8. The van der Waals surface area contributed by atoms with E-state index in [-0.39, 0.29) is 5.91 Å². The number of rotatable bonds is 7. The van der Waals surface area contributed by atoms with Crippen LogP contribution in [0.4, 0.5) is 0 Å². The van der Waals surface area contributed by atoms with Gasteiger partial charge in [-0.05, 0) is 36.7 Å². The lowest BCUT2D eigenvalue weighted by Crippen LogP contribution is -2.26. The van der Waals surface area contributed by atoms with E-state index in [1.807, 2.05) is 6.08 Å². The summed E-state index contributed by atoms with van der Waals surface area (Å²) in [7, 11) is 0. The van der Waals surface area contributed by atoms with Crippen LogP contribution in [0.3, 0.4) is 0 Å². The number of allylic oxidation sites excluding steroid dienone is 1. The largest absolute Gasteiger partial charge is 0.352 e. The van der Waals surface area contributed by atoms with Crippen LogP contribution in [0.1, 0.15) is 39.5 Å². The molecule has 0 saturated carbocycles. The van der Waals surface area contributed by atoms with E-state index in [1.165, 1.54) is 0 Å². The maximum atomic E-state index is 11.3. The predicted molar refractivity (Wildman–Crippen MR) is 72.1 cm³/mol. The Bertz CT molecular complexity index is 338. The van der Waals surface area contributed by atoms with Gasteiger partial charge in [0, 0.05) is 13.0 Å². The molecule has 0 radical (unpaired) electrons. The van der Waals surface area contributed by atoms with Crippen LogP contribution >= 0.6 is 0 Å². The molecular formula is C15H21NO. The first-order valence-corrected chi connectivity index (χ1v) is 6.08. The zero-order chi connectivity index (χ0) is 12.9. The fourth-order valence-electron chi connectivity index (χ4n) is 1.09. The molecule has 0 rings (SSSR count). The van der Waals surface area contributed by atoms with Crippen LogP contribution in [0.15, 0.2) is 12.2 Å². The molecular weight excluding hydrogens is 210 g/mol. The molecule has 1 N–H and O–H groups in total. The lowest BCUT2D eigenvalue weighted by Gasteiger charge is -2.07. The number of hydrogen-bond donors (Lipinski definition) is 1. The summed E-state index contributed by atoms with van der Waals surface area (Å²) in [5.41, 5.74) is 0. The van der Waals surface area contributed by atoms with E-state index in [0.717, 1.165) is 32.2 Å². The van der Waals surface area contributed by atoms with Gasteiger partial charge in [0.15, 0.2) is 0 Å². The Morgan fingerprint density at radius 2 is 2.29 bits per heavy atom. The van der Waals surface area contributed by atoms with E-state index in [2.05, 4.69) is 36.9 Å². The van der Waals surface area contributed by atoms with Crippen molar-refractivity contribution < 1.29 is 4.79 Å². The van der Waals surface area contributed by atoms with Crippen molar-refractivity contribution in [3.05, 3.63) is 12.2 Å². The second kappa shape index (κ2) is 10.8. The number of unbranched alkanes of at least 4 members (excludes halogenated alkanes) is 2. The van der Waals surface area contributed by atoms with E-state index >= 15 is 0 Å². The molecule has 1 atom stereocenters. The maximum Gasteiger partial charge on any atom is 0.243 e. The minimum Gasteiger partial charge on any atom is -0.352 e. The first-order chi connectivity index (χ1) is 8.20. The highest BCUT2D eigenvalue weighted by atomic mass is 16.1. The number of carbonyl (C=O) groups excluding carboxylic acids is 1. The van der Waals surface area contributed by atoms with Crippen LogP contribution in [0.25, 0.3) is 0 Å². The molecule has 0 bridgehead atoms. The van der Waals surface area contributed by atoms with Gasteiger partial charge < -0.3 is 5.32 Å². The molecule has 92 valence electrons. The molecule has 0 aliphatic rings. The fraction of sp³-hybridized carbons (Fsp3) is 0.533. The van der Waals surface area contributed by atoms with Crippen LogP contribution in [-0.4, -0.2) is 12.5 Å². The Kier molecular flexibility index (Phi) is 9.77. The van der Waals surface area contributed by atoms with E-state index in [9.17, 15) is 4.79 Å². The molecule has 0 spiro atoms. The van der Waals surface area contributed by atoms with Crippen molar-refractivity contribution in [1.29, 1.82) is 0 Å². The van der Waals surface area contributed by atoms with Gasteiger partial charge in [-0.15, -0.1) is 6.42 Å². The average molecular weight is 231 g/mol. The Morgan fingerprint density at radius 3 is 2.94 bits per heavy atom. The highest BCUT2D eigenvalue weighted by molar-refractivity contribution is 5.87. The minimum absolute atomic E-state index is 0.0139. The second-order valence-electron chi connectivity index (χ2n) is 4.00. The first-order valence-electron chi connectivity index (χ1n) is 6.08. The standard InChI is InChI=1S/C15H21NO/c1-4-6-7-8-9-10-11-12-15(17)16-13-14(3)5-2/h1,11-12,14H,5,8-10,13H2,2-3H3,(H,16,17)/b12-11+. The topological polar surface area (TPSA) is 29.1 Å². The quantitative estimate of drug-likeness (QED) is 0.407. The number of carbonyl (C=O) groups is 1. The molecule has 1 amide bonds. The van der Waals surface area contributed by atoms with Crippen LogP contribution in [0.2, 0.25) is 0 Å². The van der Waals surface area contributed by atoms with Crippen LogP contribution < -0.4 is 5.32 Å². The van der Waals surface area contributed by atoms with E-state index in [1.54, 1.807) is 6.08 Å². The van der Waals surface area contributed by atoms with Gasteiger partial charge in [-0.25, -0.2) is 0 Å². The zero-order valence-corrected chi connectivity index (χ0v) is 10.8. The normalized spacial score (nSPS) is 11.4. The SMILES string of the molecule is C#CC#CCCC/C=C/C(=O)NCC(C)CC. The third-order valence-corrected chi connectivity index (χ3v) is 2.42. The minimum atomic E-state index is -0.0139. The molecule has 0 aromatic carbocycles. The molecule has 1 unspecified atom stereocenters. The van der Waals surface area contributed by atoms with Gasteiger partial charge in [0.25, 0.3) is 0 Å². The van der Waals surface area contributed by atoms with Crippen molar-refractivity contribution in [2.75, 3.05) is 6.54 Å². The second-order valence-corrected chi connectivity index (χ2v) is 4.00. The Morgan fingerprint density at radius 1 is 1.53 bits per heavy atom. The third kappa shape index (κ3) is 10.6. The van der Waals surface area contributed by atoms with Crippen LogP contribution in [-0.2, 0) is 4.79 Å². The van der Waals surface area contributed by atoms with Crippen LogP contribution in [0, 0.1) is 30.1 Å². The highest BCUT2D eigenvalue weighted by Crippen LogP contribution is 1.98. The predicted octanol–water partition coefficient (Wildman–Crippen LogP) is 2.51. The van der Waals surface area contributed by atoms with Crippen molar-refractivity contribution in [3.8, 4) is 24.2 Å². The molecule has 0 aromatic heterocycles. The van der Waals surface area contributed by atoms with Crippen molar-refractivity contribution in [3.63, 3.8) is 0 Å². The maximum absolute atomic E-state index is 11.3. The number of hydrogen-bond acceptors (Lipinski definition) is 1. The van der Waals surface area contributed by atoms with Crippen LogP contribution in [0.5, 0.6) is 0 Å². The number of nitrogens with one attached hydrogen (secondary N) is 1. The van der Waals surface area contributed by atoms with E-state index < -0.39 is 0 Å². The monoisotopic (exact) mass is 231 g/mol. The van der Waals surface area contributed by atoms with Gasteiger partial charge in [-0.1, -0.05) is 32.3 Å². The Balaban J connectivity index is 3.57. The molecule has 0 aromatic rings. The summed E-state index contributed by atoms with van der Waals surface area (Å²) in [6.07, 6.45) is 12.1. The van der Waals surface area contributed by atoms with Crippen molar-refractivity contribution >= 4 is 5.91 Å². The first kappa shape index (κ1) is 15.3. The summed E-state index contributed by atoms with van der Waals surface area (Å²) < 4.78 is 0.